The molecule has 10 nitrogen and oxygen atoms in total. The lowest BCUT2D eigenvalue weighted by Crippen LogP contribution is -2.34. The number of fused-ring (bicyclic) bond motifs is 3. The summed E-state index contributed by atoms with van der Waals surface area (Å²) in [4.78, 5) is 63.0. The van der Waals surface area contributed by atoms with Crippen molar-refractivity contribution >= 4 is 33.9 Å². The average molecular weight is 481 g/mol. The van der Waals surface area contributed by atoms with Crippen LogP contribution in [0.25, 0.3) is 22.1 Å². The normalized spacial score (nSPS) is 13.2. The molecule has 1 N–H and O–H groups in total. The third-order valence-corrected chi connectivity index (χ3v) is 6.35. The van der Waals surface area contributed by atoms with Crippen molar-refractivity contribution in [2.45, 2.75) is 19.4 Å². The van der Waals surface area contributed by atoms with Gasteiger partial charge in [0, 0.05) is 25.7 Å². The largest absolute Gasteiger partial charge is 0.417 e. The second kappa shape index (κ2) is 8.42. The van der Waals surface area contributed by atoms with Gasteiger partial charge in [-0.2, -0.15) is 0 Å². The molecule has 1 aliphatic rings. The van der Waals surface area contributed by atoms with E-state index in [-0.39, 0.29) is 30.3 Å². The molecule has 0 aliphatic carbocycles. The number of benzene rings is 2. The van der Waals surface area contributed by atoms with Gasteiger partial charge in [0.1, 0.15) is 5.82 Å². The van der Waals surface area contributed by atoms with Crippen molar-refractivity contribution in [3.63, 3.8) is 0 Å². The Balaban J connectivity index is 1.31. The van der Waals surface area contributed by atoms with E-state index in [1.165, 1.54) is 4.90 Å². The first-order valence-electron chi connectivity index (χ1n) is 11.4. The molecule has 0 spiro atoms. The lowest BCUT2D eigenvalue weighted by atomic mass is 10.1. The van der Waals surface area contributed by atoms with Crippen LogP contribution in [0.15, 0.2) is 74.8 Å². The van der Waals surface area contributed by atoms with E-state index in [9.17, 15) is 19.2 Å². The van der Waals surface area contributed by atoms with E-state index in [1.54, 1.807) is 59.3 Å². The minimum Gasteiger partial charge on any atom is -0.408 e. The Labute approximate surface area is 202 Å². The molecule has 6 rings (SSSR count). The number of hydrogen-bond donors (Lipinski definition) is 1. The second-order valence-corrected chi connectivity index (χ2v) is 8.51. The Morgan fingerprint density at radius 1 is 0.861 bits per heavy atom. The van der Waals surface area contributed by atoms with Crippen molar-refractivity contribution in [3.05, 3.63) is 104 Å². The highest BCUT2D eigenvalue weighted by Gasteiger charge is 2.34. The van der Waals surface area contributed by atoms with Crippen molar-refractivity contribution in [3.8, 4) is 0 Å². The molecule has 2 aromatic carbocycles. The highest BCUT2D eigenvalue weighted by Crippen LogP contribution is 2.22. The number of rotatable bonds is 6. The number of nitrogens with zero attached hydrogens (tertiary/aromatic N) is 4. The van der Waals surface area contributed by atoms with Crippen LogP contribution < -0.4 is 11.3 Å². The Bertz CT molecular complexity index is 1760. The molecule has 0 bridgehead atoms. The molecule has 5 aromatic rings. The van der Waals surface area contributed by atoms with E-state index < -0.39 is 5.76 Å². The summed E-state index contributed by atoms with van der Waals surface area (Å²) >= 11 is 0. The summed E-state index contributed by atoms with van der Waals surface area (Å²) in [5.41, 5.74) is 2.75. The van der Waals surface area contributed by atoms with Gasteiger partial charge in [0.15, 0.2) is 11.2 Å². The fraction of sp³-hybridized carbons (Fsp3) is 0.154. The zero-order valence-corrected chi connectivity index (χ0v) is 18.9. The first-order chi connectivity index (χ1) is 17.5. The third-order valence-electron chi connectivity index (χ3n) is 6.35. The SMILES string of the molecule is O=C1c2ccccc2C(=O)N1CCc1nc2ncccc2c(=O)n1CCc1ccc2oc(=O)[nH]c2c1. The molecule has 178 valence electrons. The van der Waals surface area contributed by atoms with E-state index in [4.69, 9.17) is 4.42 Å². The van der Waals surface area contributed by atoms with Crippen molar-refractivity contribution in [1.82, 2.24) is 24.4 Å². The number of hydrogen-bond acceptors (Lipinski definition) is 7. The quantitative estimate of drug-likeness (QED) is 0.368. The number of oxazole rings is 1. The molecule has 10 heteroatoms. The molecule has 1 aliphatic heterocycles. The van der Waals surface area contributed by atoms with E-state index in [2.05, 4.69) is 15.0 Å². The van der Waals surface area contributed by atoms with Gasteiger partial charge in [-0.3, -0.25) is 28.8 Å². The molecule has 0 unspecified atom stereocenters. The van der Waals surface area contributed by atoms with Crippen LogP contribution in [-0.2, 0) is 19.4 Å². The van der Waals surface area contributed by atoms with Gasteiger partial charge in [0.25, 0.3) is 17.4 Å². The standard InChI is InChI=1S/C26H19N5O5/c32-23-16-4-1-2-5-17(16)24(33)31(23)13-10-21-29-22-18(6-3-11-27-22)25(34)30(21)12-9-15-7-8-20-19(14-15)28-26(35)36-20/h1-8,11,14H,9-10,12-13H2,(H,28,35). The molecule has 36 heavy (non-hydrogen) atoms. The van der Waals surface area contributed by atoms with E-state index in [0.29, 0.717) is 52.1 Å². The molecule has 3 aromatic heterocycles. The van der Waals surface area contributed by atoms with Gasteiger partial charge in [-0.05, 0) is 48.4 Å². The Morgan fingerprint density at radius 2 is 1.64 bits per heavy atom. The zero-order chi connectivity index (χ0) is 24.8. The molecule has 0 saturated heterocycles. The minimum atomic E-state index is -0.528. The lowest BCUT2D eigenvalue weighted by Gasteiger charge is -2.17. The van der Waals surface area contributed by atoms with Gasteiger partial charge in [-0.15, -0.1) is 0 Å². The maximum Gasteiger partial charge on any atom is 0.417 e. The van der Waals surface area contributed by atoms with Crippen molar-refractivity contribution in [2.24, 2.45) is 0 Å². The van der Waals surface area contributed by atoms with Crippen LogP contribution in [0.3, 0.4) is 0 Å². The van der Waals surface area contributed by atoms with Crippen LogP contribution in [0.1, 0.15) is 32.1 Å². The summed E-state index contributed by atoms with van der Waals surface area (Å²) in [5, 5.41) is 0.386. The highest BCUT2D eigenvalue weighted by atomic mass is 16.4. The minimum absolute atomic E-state index is 0.0827. The maximum atomic E-state index is 13.4. The van der Waals surface area contributed by atoms with Crippen LogP contribution in [0.2, 0.25) is 0 Å². The molecule has 0 radical (unpaired) electrons. The Kier molecular flexibility index (Phi) is 5.06. The summed E-state index contributed by atoms with van der Waals surface area (Å²) in [6.45, 7) is 0.390. The fourth-order valence-corrected chi connectivity index (χ4v) is 4.57. The van der Waals surface area contributed by atoms with Gasteiger partial charge in [-0.1, -0.05) is 18.2 Å². The summed E-state index contributed by atoms with van der Waals surface area (Å²) in [6, 6.07) is 15.4. The van der Waals surface area contributed by atoms with Crippen LogP contribution >= 0.6 is 0 Å². The van der Waals surface area contributed by atoms with E-state index >= 15 is 0 Å². The van der Waals surface area contributed by atoms with Crippen molar-refractivity contribution < 1.29 is 14.0 Å². The first-order valence-corrected chi connectivity index (χ1v) is 11.4. The molecule has 0 saturated carbocycles. The number of H-pyrrole nitrogens is 1. The predicted octanol–water partition coefficient (Wildman–Crippen LogP) is 2.31. The Morgan fingerprint density at radius 3 is 2.42 bits per heavy atom. The number of carbonyl (C=O) groups is 2. The molecule has 0 atom stereocenters. The van der Waals surface area contributed by atoms with Gasteiger partial charge in [0.05, 0.1) is 22.0 Å². The lowest BCUT2D eigenvalue weighted by molar-refractivity contribution is 0.0655. The average Bonchev–Trinajstić information content (AvgIpc) is 3.38. The number of aromatic nitrogens is 4. The first kappa shape index (κ1) is 21.7. The van der Waals surface area contributed by atoms with Crippen LogP contribution in [0.5, 0.6) is 0 Å². The highest BCUT2D eigenvalue weighted by molar-refractivity contribution is 6.21. The fourth-order valence-electron chi connectivity index (χ4n) is 4.57. The summed E-state index contributed by atoms with van der Waals surface area (Å²) in [7, 11) is 0. The summed E-state index contributed by atoms with van der Waals surface area (Å²) in [6.07, 6.45) is 2.24. The van der Waals surface area contributed by atoms with Gasteiger partial charge < -0.3 is 4.42 Å². The van der Waals surface area contributed by atoms with Crippen molar-refractivity contribution in [1.29, 1.82) is 0 Å². The van der Waals surface area contributed by atoms with Gasteiger partial charge in [0.2, 0.25) is 0 Å². The van der Waals surface area contributed by atoms with Crippen molar-refractivity contribution in [2.75, 3.05) is 6.54 Å². The third kappa shape index (κ3) is 3.59. The number of carbonyl (C=O) groups excluding carboxylic acids is 2. The van der Waals surface area contributed by atoms with Crippen LogP contribution in [-0.4, -0.2) is 42.8 Å². The topological polar surface area (TPSA) is 131 Å². The number of aromatic amines is 1. The molecule has 0 fully saturated rings. The smallest absolute Gasteiger partial charge is 0.408 e. The number of imide groups is 1. The zero-order valence-electron chi connectivity index (χ0n) is 18.9. The molecule has 2 amide bonds. The Hall–Kier alpha value is -4.86. The molecular formula is C26H19N5O5. The predicted molar refractivity (Wildman–Crippen MR) is 130 cm³/mol. The van der Waals surface area contributed by atoms with E-state index in [1.807, 2.05) is 6.07 Å². The second-order valence-electron chi connectivity index (χ2n) is 8.51. The van der Waals surface area contributed by atoms with Gasteiger partial charge in [-0.25, -0.2) is 14.8 Å². The summed E-state index contributed by atoms with van der Waals surface area (Å²) < 4.78 is 6.61. The maximum absolute atomic E-state index is 13.4. The summed E-state index contributed by atoms with van der Waals surface area (Å²) in [5.74, 6) is -0.808. The van der Waals surface area contributed by atoms with Gasteiger partial charge >= 0.3 is 5.76 Å². The van der Waals surface area contributed by atoms with Crippen LogP contribution in [0.4, 0.5) is 0 Å². The molecular weight excluding hydrogens is 462 g/mol. The van der Waals surface area contributed by atoms with Crippen LogP contribution in [0, 0.1) is 0 Å². The number of pyridine rings is 1. The number of amides is 2. The number of nitrogens with one attached hydrogen (secondary N) is 1. The molecule has 4 heterocycles. The van der Waals surface area contributed by atoms with E-state index in [0.717, 1.165) is 5.56 Å². The number of aryl methyl sites for hydroxylation is 1. The monoisotopic (exact) mass is 481 g/mol.